The van der Waals surface area contributed by atoms with E-state index in [1.54, 1.807) is 0 Å². The van der Waals surface area contributed by atoms with Crippen molar-refractivity contribution >= 4 is 32.6 Å². The zero-order valence-corrected chi connectivity index (χ0v) is 59.9. The Morgan fingerprint density at radius 3 is 1.24 bits per heavy atom. The number of aromatic nitrogens is 8. The van der Waals surface area contributed by atoms with Crippen molar-refractivity contribution in [2.45, 2.75) is 38.5 Å². The normalized spacial score (nSPS) is 13.0. The monoisotopic (exact) mass is 1380 g/mol. The highest BCUT2D eigenvalue weighted by Crippen LogP contribution is 2.55. The van der Waals surface area contributed by atoms with Crippen LogP contribution in [-0.4, -0.2) is 39.9 Å². The van der Waals surface area contributed by atoms with Crippen LogP contribution in [0.25, 0.3) is 190 Å². The first-order valence-electron chi connectivity index (χ1n) is 36.9. The summed E-state index contributed by atoms with van der Waals surface area (Å²) in [7, 11) is 0. The summed E-state index contributed by atoms with van der Waals surface area (Å²) in [5.41, 5.74) is 29.2. The van der Waals surface area contributed by atoms with Gasteiger partial charge in [-0.15, -0.1) is 0 Å². The predicted molar refractivity (Wildman–Crippen MR) is 442 cm³/mol. The zero-order chi connectivity index (χ0) is 72.2. The molecule has 18 aromatic rings. The van der Waals surface area contributed by atoms with Gasteiger partial charge in [-0.1, -0.05) is 319 Å². The summed E-state index contributed by atoms with van der Waals surface area (Å²) in [4.78, 5) is 42.6. The highest BCUT2D eigenvalue weighted by Gasteiger charge is 2.40. The maximum absolute atomic E-state index is 5.69. The van der Waals surface area contributed by atoms with Gasteiger partial charge in [0.15, 0.2) is 34.9 Å². The molecule has 0 bridgehead atoms. The Labute approximate surface area is 626 Å². The number of rotatable bonds is 12. The molecule has 8 nitrogen and oxygen atoms in total. The van der Waals surface area contributed by atoms with Gasteiger partial charge in [-0.2, -0.15) is 0 Å². The molecule has 8 heteroatoms. The summed E-state index contributed by atoms with van der Waals surface area (Å²) < 4.78 is 0. The van der Waals surface area contributed by atoms with E-state index in [-0.39, 0.29) is 10.8 Å². The molecule has 508 valence electrons. The summed E-state index contributed by atoms with van der Waals surface area (Å²) in [5.74, 6) is 3.53. The molecule has 0 radical (unpaired) electrons. The smallest absolute Gasteiger partial charge is 0.164 e. The minimum atomic E-state index is -0.384. The Bertz CT molecular complexity index is 6650. The lowest BCUT2D eigenvalue weighted by molar-refractivity contribution is 0.661. The van der Waals surface area contributed by atoms with Crippen LogP contribution in [0.5, 0.6) is 0 Å². The topological polar surface area (TPSA) is 103 Å². The molecule has 0 spiro atoms. The van der Waals surface area contributed by atoms with Crippen LogP contribution in [-0.2, 0) is 10.8 Å². The van der Waals surface area contributed by atoms with Crippen molar-refractivity contribution in [1.82, 2.24) is 39.9 Å². The highest BCUT2D eigenvalue weighted by atomic mass is 15.0. The second kappa shape index (κ2) is 25.5. The van der Waals surface area contributed by atoms with Crippen molar-refractivity contribution in [3.63, 3.8) is 0 Å². The lowest BCUT2D eigenvalue weighted by atomic mass is 9.78. The third kappa shape index (κ3) is 11.0. The van der Waals surface area contributed by atoms with E-state index in [1.807, 2.05) is 54.6 Å². The molecule has 0 aliphatic heterocycles. The van der Waals surface area contributed by atoms with E-state index in [1.165, 1.54) is 60.8 Å². The van der Waals surface area contributed by atoms with Crippen LogP contribution in [0.15, 0.2) is 340 Å². The fourth-order valence-electron chi connectivity index (χ4n) is 16.7. The van der Waals surface area contributed by atoms with E-state index >= 15 is 0 Å². The van der Waals surface area contributed by atoms with E-state index in [0.717, 1.165) is 117 Å². The molecule has 108 heavy (non-hydrogen) atoms. The van der Waals surface area contributed by atoms with Crippen LogP contribution in [0.1, 0.15) is 49.9 Å². The second-order valence-electron chi connectivity index (χ2n) is 29.4. The highest BCUT2D eigenvalue weighted by molar-refractivity contribution is 6.08. The molecule has 0 atom stereocenters. The van der Waals surface area contributed by atoms with Crippen molar-refractivity contribution in [2.75, 3.05) is 0 Å². The van der Waals surface area contributed by atoms with Crippen LogP contribution in [0, 0.1) is 0 Å². The molecule has 4 aromatic heterocycles. The second-order valence-corrected chi connectivity index (χ2v) is 29.4. The first kappa shape index (κ1) is 63.8. The van der Waals surface area contributed by atoms with E-state index in [9.17, 15) is 0 Å². The van der Waals surface area contributed by atoms with Gasteiger partial charge in [0.25, 0.3) is 0 Å². The molecule has 2 aliphatic carbocycles. The lowest BCUT2D eigenvalue weighted by Gasteiger charge is -2.25. The van der Waals surface area contributed by atoms with Gasteiger partial charge in [-0.05, 0) is 143 Å². The summed E-state index contributed by atoms with van der Waals surface area (Å²) in [6.07, 6.45) is 0. The average Bonchev–Trinajstić information content (AvgIpc) is 1.55. The zero-order valence-electron chi connectivity index (χ0n) is 59.9. The van der Waals surface area contributed by atoms with Crippen molar-refractivity contribution in [1.29, 1.82) is 0 Å². The van der Waals surface area contributed by atoms with Gasteiger partial charge in [0.05, 0.1) is 22.4 Å². The summed E-state index contributed by atoms with van der Waals surface area (Å²) in [5, 5.41) is 4.61. The fraction of sp³-hybridized carbons (Fsp3) is 0.0600. The van der Waals surface area contributed by atoms with Crippen LogP contribution in [0.3, 0.4) is 0 Å². The van der Waals surface area contributed by atoms with Crippen molar-refractivity contribution in [2.24, 2.45) is 0 Å². The van der Waals surface area contributed by atoms with E-state index in [4.69, 9.17) is 39.9 Å². The first-order valence-corrected chi connectivity index (χ1v) is 36.9. The van der Waals surface area contributed by atoms with E-state index in [2.05, 4.69) is 313 Å². The third-order valence-electron chi connectivity index (χ3n) is 22.1. The molecular weight excluding hydrogens is 1310 g/mol. The summed E-state index contributed by atoms with van der Waals surface area (Å²) in [6.45, 7) is 9.39. The van der Waals surface area contributed by atoms with Crippen LogP contribution < -0.4 is 0 Å². The molecule has 14 aromatic carbocycles. The minimum Gasteiger partial charge on any atom is -0.248 e. The molecule has 0 N–H and O–H groups in total. The quantitative estimate of drug-likeness (QED) is 0.119. The number of pyridine rings is 2. The molecule has 0 saturated heterocycles. The molecule has 4 heterocycles. The van der Waals surface area contributed by atoms with E-state index < -0.39 is 0 Å². The van der Waals surface area contributed by atoms with Crippen molar-refractivity contribution < 1.29 is 0 Å². The average molecular weight is 1380 g/mol. The molecule has 0 unspecified atom stereocenters. The maximum atomic E-state index is 5.69. The molecular formula is C100H68N8. The number of benzene rings is 14. The predicted octanol–water partition coefficient (Wildman–Crippen LogP) is 24.9. The molecule has 2 aliphatic rings. The van der Waals surface area contributed by atoms with Crippen LogP contribution in [0.2, 0.25) is 0 Å². The SMILES string of the molecule is CC1(C)c2ccccc2-c2c1ccc1c(-c3ccc4ccccc4c3)cc(-c3cccc(-c4nc(-c5ccccc5)nc(-c5ccc(-c6cccc7c6C(C)(C)c6cc8c(-c9ccccc9)cc(-c9cccc(-c%10nc(-c%11ccccc%11)nc(-c%11cccc(-c%12ccccc%12)c%11)n%10)c9)nc8cc6-7)cc5)n4)c3)nc21. The Balaban J connectivity index is 0.661. The number of hydrogen-bond donors (Lipinski definition) is 0. The van der Waals surface area contributed by atoms with E-state index in [0.29, 0.717) is 34.9 Å². The summed E-state index contributed by atoms with van der Waals surface area (Å²) in [6, 6.07) is 120. The fourth-order valence-corrected chi connectivity index (χ4v) is 16.7. The Hall–Kier alpha value is -13.8. The Kier molecular flexibility index (Phi) is 15.1. The molecule has 0 saturated carbocycles. The number of fused-ring (bicyclic) bond motifs is 10. The van der Waals surface area contributed by atoms with Crippen LogP contribution >= 0.6 is 0 Å². The van der Waals surface area contributed by atoms with Gasteiger partial charge in [0, 0.05) is 71.7 Å². The van der Waals surface area contributed by atoms with Gasteiger partial charge in [-0.3, -0.25) is 0 Å². The van der Waals surface area contributed by atoms with Gasteiger partial charge in [-0.25, -0.2) is 39.9 Å². The maximum Gasteiger partial charge on any atom is 0.164 e. The number of hydrogen-bond acceptors (Lipinski definition) is 8. The standard InChI is InChI=1S/C100H68N8/c1-99(2)84-44-20-19-41-79(84)90-85(99)52-51-78-81(70-50-45-62-27-17-18-34-68(62)53-70)59-88(102-92(78)90)72-37-23-40-75(56-72)97-104-93(65-30-13-7-14-31-65)103-95(107-97)67-48-46-64(47-49-67)76-42-24-43-77-82-60-89-83(57-86(82)100(3,4)91(76)77)80(63-28-11-6-12-29-63)58-87(101-89)71-36-22-39-74(55-71)98-106-94(66-32-15-8-16-33-66)105-96(108-98)73-38-21-35-69(54-73)61-25-9-5-10-26-61/h5-60H,1-4H3. The van der Waals surface area contributed by atoms with Crippen LogP contribution in [0.4, 0.5) is 0 Å². The number of nitrogens with zero attached hydrogens (tertiary/aromatic N) is 8. The molecule has 0 fully saturated rings. The molecule has 20 rings (SSSR count). The van der Waals surface area contributed by atoms with Gasteiger partial charge in [0.1, 0.15) is 0 Å². The first-order chi connectivity index (χ1) is 53.0. The van der Waals surface area contributed by atoms with Gasteiger partial charge >= 0.3 is 0 Å². The Morgan fingerprint density at radius 1 is 0.204 bits per heavy atom. The minimum absolute atomic E-state index is 0.189. The Morgan fingerprint density at radius 2 is 0.630 bits per heavy atom. The van der Waals surface area contributed by atoms with Gasteiger partial charge < -0.3 is 0 Å². The van der Waals surface area contributed by atoms with Crippen molar-refractivity contribution in [3.8, 4) is 158 Å². The molecule has 0 amide bonds. The lowest BCUT2D eigenvalue weighted by Crippen LogP contribution is -2.16. The third-order valence-corrected chi connectivity index (χ3v) is 22.1. The largest absolute Gasteiger partial charge is 0.248 e. The summed E-state index contributed by atoms with van der Waals surface area (Å²) >= 11 is 0. The van der Waals surface area contributed by atoms with Crippen molar-refractivity contribution in [3.05, 3.63) is 362 Å². The van der Waals surface area contributed by atoms with Gasteiger partial charge in [0.2, 0.25) is 0 Å².